The van der Waals surface area contributed by atoms with Gasteiger partial charge in [-0.3, -0.25) is 4.79 Å². The Kier molecular flexibility index (Phi) is 5.86. The zero-order valence-electron chi connectivity index (χ0n) is 16.7. The Labute approximate surface area is 168 Å². The van der Waals surface area contributed by atoms with Gasteiger partial charge in [-0.05, 0) is 39.3 Å². The number of carbonyl (C=O) groups is 2. The average Bonchev–Trinajstić information content (AvgIpc) is 3.00. The average molecular weight is 399 g/mol. The molecule has 0 bridgehead atoms. The van der Waals surface area contributed by atoms with Crippen molar-refractivity contribution < 1.29 is 24.5 Å². The molecule has 2 heterocycles. The predicted octanol–water partition coefficient (Wildman–Crippen LogP) is 2.45. The molecule has 3 N–H and O–H groups in total. The van der Waals surface area contributed by atoms with E-state index in [1.165, 1.54) is 10.8 Å². The second-order valence-electron chi connectivity index (χ2n) is 7.80. The van der Waals surface area contributed by atoms with Gasteiger partial charge in [0.05, 0.1) is 29.9 Å². The second kappa shape index (κ2) is 8.18. The minimum absolute atomic E-state index is 0.197. The summed E-state index contributed by atoms with van der Waals surface area (Å²) in [5.74, 6) is -0.397. The monoisotopic (exact) mass is 399 g/mol. The molecule has 29 heavy (non-hydrogen) atoms. The fourth-order valence-corrected chi connectivity index (χ4v) is 3.03. The predicted molar refractivity (Wildman–Crippen MR) is 109 cm³/mol. The standard InChI is InChI=1S/C21H25N3O5/c1-21(2,3)29-20(28)24-17-7-5-4-6-14(17)15-10-16(23-11-18(15)24)19(27)22-9-8-13(26)12-25/h4-7,10-11,13,25-26H,8-9,12H2,1-3H3,(H,22,27). The molecule has 0 aliphatic heterocycles. The summed E-state index contributed by atoms with van der Waals surface area (Å²) in [5, 5.41) is 22.4. The number of aliphatic hydroxyl groups is 2. The van der Waals surface area contributed by atoms with E-state index in [2.05, 4.69) is 10.3 Å². The molecule has 0 saturated heterocycles. The molecule has 154 valence electrons. The Morgan fingerprint density at radius 3 is 2.62 bits per heavy atom. The summed E-state index contributed by atoms with van der Waals surface area (Å²) >= 11 is 0. The Hall–Kier alpha value is -2.97. The molecule has 8 heteroatoms. The Bertz CT molecular complexity index is 1050. The number of pyridine rings is 1. The number of para-hydroxylation sites is 1. The molecule has 1 aromatic carbocycles. The van der Waals surface area contributed by atoms with Crippen LogP contribution in [0.2, 0.25) is 0 Å². The van der Waals surface area contributed by atoms with Crippen molar-refractivity contribution in [2.75, 3.05) is 13.2 Å². The molecule has 1 unspecified atom stereocenters. The normalized spacial score (nSPS) is 12.9. The summed E-state index contributed by atoms with van der Waals surface area (Å²) in [5.41, 5.74) is 0.763. The lowest BCUT2D eigenvalue weighted by atomic mass is 10.1. The number of aliphatic hydroxyl groups excluding tert-OH is 2. The second-order valence-corrected chi connectivity index (χ2v) is 7.80. The number of nitrogens with zero attached hydrogens (tertiary/aromatic N) is 2. The van der Waals surface area contributed by atoms with Crippen molar-refractivity contribution >= 4 is 33.8 Å². The lowest BCUT2D eigenvalue weighted by molar-refractivity contribution is 0.0551. The fourth-order valence-electron chi connectivity index (χ4n) is 3.03. The van der Waals surface area contributed by atoms with Crippen LogP contribution in [0.25, 0.3) is 21.8 Å². The van der Waals surface area contributed by atoms with E-state index in [1.807, 2.05) is 24.3 Å². The van der Waals surface area contributed by atoms with E-state index in [1.54, 1.807) is 26.8 Å². The van der Waals surface area contributed by atoms with Gasteiger partial charge in [0.2, 0.25) is 0 Å². The van der Waals surface area contributed by atoms with Gasteiger partial charge in [-0.1, -0.05) is 18.2 Å². The van der Waals surface area contributed by atoms with E-state index >= 15 is 0 Å². The first-order valence-electron chi connectivity index (χ1n) is 9.41. The topological polar surface area (TPSA) is 114 Å². The van der Waals surface area contributed by atoms with Crippen LogP contribution in [0, 0.1) is 0 Å². The summed E-state index contributed by atoms with van der Waals surface area (Å²) < 4.78 is 7.00. The molecular weight excluding hydrogens is 374 g/mol. The van der Waals surface area contributed by atoms with Gasteiger partial charge in [0.25, 0.3) is 5.91 Å². The van der Waals surface area contributed by atoms with E-state index in [0.717, 1.165) is 5.39 Å². The SMILES string of the molecule is CC(C)(C)OC(=O)n1c2ccccc2c2cc(C(=O)NCCC(O)CO)ncc21. The number of amides is 1. The van der Waals surface area contributed by atoms with Crippen LogP contribution < -0.4 is 5.32 Å². The van der Waals surface area contributed by atoms with Gasteiger partial charge in [-0.2, -0.15) is 0 Å². The molecule has 0 fully saturated rings. The number of carbonyl (C=O) groups excluding carboxylic acids is 2. The number of fused-ring (bicyclic) bond motifs is 3. The number of ether oxygens (including phenoxy) is 1. The molecule has 0 radical (unpaired) electrons. The molecule has 3 rings (SSSR count). The van der Waals surface area contributed by atoms with Crippen molar-refractivity contribution in [1.82, 2.24) is 14.9 Å². The smallest absolute Gasteiger partial charge is 0.419 e. The highest BCUT2D eigenvalue weighted by Gasteiger charge is 2.23. The van der Waals surface area contributed by atoms with Gasteiger partial charge < -0.3 is 20.3 Å². The molecule has 1 amide bonds. The van der Waals surface area contributed by atoms with Gasteiger partial charge in [0.1, 0.15) is 11.3 Å². The molecule has 0 spiro atoms. The lowest BCUT2D eigenvalue weighted by Gasteiger charge is -2.20. The van der Waals surface area contributed by atoms with E-state index in [9.17, 15) is 14.7 Å². The maximum atomic E-state index is 12.8. The van der Waals surface area contributed by atoms with Crippen molar-refractivity contribution in [2.24, 2.45) is 0 Å². The van der Waals surface area contributed by atoms with E-state index in [-0.39, 0.29) is 25.3 Å². The maximum absolute atomic E-state index is 12.8. The van der Waals surface area contributed by atoms with Crippen LogP contribution in [0.15, 0.2) is 36.5 Å². The number of benzene rings is 1. The van der Waals surface area contributed by atoms with E-state index in [0.29, 0.717) is 16.4 Å². The van der Waals surface area contributed by atoms with E-state index < -0.39 is 23.7 Å². The number of nitrogens with one attached hydrogen (secondary N) is 1. The highest BCUT2D eigenvalue weighted by atomic mass is 16.6. The van der Waals surface area contributed by atoms with Crippen LogP contribution in [-0.2, 0) is 4.74 Å². The summed E-state index contributed by atoms with van der Waals surface area (Å²) in [7, 11) is 0. The molecule has 3 aromatic rings. The van der Waals surface area contributed by atoms with Crippen LogP contribution in [0.1, 0.15) is 37.7 Å². The summed E-state index contributed by atoms with van der Waals surface area (Å²) in [6.07, 6.45) is 0.331. The van der Waals surface area contributed by atoms with Gasteiger partial charge in [-0.15, -0.1) is 0 Å². The Morgan fingerprint density at radius 2 is 1.93 bits per heavy atom. The highest BCUT2D eigenvalue weighted by molar-refractivity contribution is 6.13. The zero-order chi connectivity index (χ0) is 21.2. The summed E-state index contributed by atoms with van der Waals surface area (Å²) in [6.45, 7) is 5.25. The molecule has 0 aliphatic rings. The van der Waals surface area contributed by atoms with Crippen molar-refractivity contribution in [1.29, 1.82) is 0 Å². The van der Waals surface area contributed by atoms with Crippen LogP contribution in [0.3, 0.4) is 0 Å². The quantitative estimate of drug-likeness (QED) is 0.607. The molecule has 8 nitrogen and oxygen atoms in total. The molecule has 0 aliphatic carbocycles. The third-order valence-electron chi connectivity index (χ3n) is 4.34. The van der Waals surface area contributed by atoms with Crippen molar-refractivity contribution in [3.8, 4) is 0 Å². The largest absolute Gasteiger partial charge is 0.443 e. The first kappa shape index (κ1) is 20.8. The molecule has 0 saturated carbocycles. The van der Waals surface area contributed by atoms with Crippen molar-refractivity contribution in [3.05, 3.63) is 42.2 Å². The minimum atomic E-state index is -0.877. The number of rotatable bonds is 5. The molecule has 1 atom stereocenters. The van der Waals surface area contributed by atoms with Gasteiger partial charge in [-0.25, -0.2) is 14.3 Å². The third kappa shape index (κ3) is 4.55. The van der Waals surface area contributed by atoms with Gasteiger partial charge >= 0.3 is 6.09 Å². The summed E-state index contributed by atoms with van der Waals surface area (Å²) in [4.78, 5) is 29.4. The Morgan fingerprint density at radius 1 is 1.21 bits per heavy atom. The lowest BCUT2D eigenvalue weighted by Crippen LogP contribution is -2.29. The first-order chi connectivity index (χ1) is 13.7. The number of aromatic nitrogens is 2. The zero-order valence-corrected chi connectivity index (χ0v) is 16.7. The van der Waals surface area contributed by atoms with Gasteiger partial charge in [0.15, 0.2) is 0 Å². The van der Waals surface area contributed by atoms with Crippen LogP contribution >= 0.6 is 0 Å². The highest BCUT2D eigenvalue weighted by Crippen LogP contribution is 2.29. The fraction of sp³-hybridized carbons (Fsp3) is 0.381. The molecular formula is C21H25N3O5. The van der Waals surface area contributed by atoms with Crippen LogP contribution in [0.5, 0.6) is 0 Å². The van der Waals surface area contributed by atoms with Crippen LogP contribution in [-0.4, -0.2) is 56.6 Å². The van der Waals surface area contributed by atoms with Gasteiger partial charge in [0, 0.05) is 17.3 Å². The minimum Gasteiger partial charge on any atom is -0.443 e. The van der Waals surface area contributed by atoms with E-state index in [4.69, 9.17) is 9.84 Å². The van der Waals surface area contributed by atoms with Crippen molar-refractivity contribution in [2.45, 2.75) is 38.9 Å². The number of hydrogen-bond acceptors (Lipinski definition) is 6. The molecule has 2 aromatic heterocycles. The third-order valence-corrected chi connectivity index (χ3v) is 4.34. The maximum Gasteiger partial charge on any atom is 0.419 e. The summed E-state index contributed by atoms with van der Waals surface area (Å²) in [6, 6.07) is 9.01. The van der Waals surface area contributed by atoms with Crippen LogP contribution in [0.4, 0.5) is 4.79 Å². The number of hydrogen-bond donors (Lipinski definition) is 3. The first-order valence-corrected chi connectivity index (χ1v) is 9.41. The van der Waals surface area contributed by atoms with Crippen molar-refractivity contribution in [3.63, 3.8) is 0 Å². The Balaban J connectivity index is 1.98.